The number of hydrogen-bond donors (Lipinski definition) is 1. The minimum absolute atomic E-state index is 0.0203. The fourth-order valence-corrected chi connectivity index (χ4v) is 4.19. The van der Waals surface area contributed by atoms with Crippen molar-refractivity contribution in [1.82, 2.24) is 10.2 Å². The predicted molar refractivity (Wildman–Crippen MR) is 89.9 cm³/mol. The monoisotopic (exact) mass is 359 g/mol. The highest BCUT2D eigenvalue weighted by molar-refractivity contribution is 7.15. The van der Waals surface area contributed by atoms with Crippen molar-refractivity contribution in [3.8, 4) is 11.5 Å². The van der Waals surface area contributed by atoms with Crippen LogP contribution in [0.1, 0.15) is 42.4 Å². The molecule has 0 radical (unpaired) electrons. The lowest BCUT2D eigenvalue weighted by molar-refractivity contribution is -0.118. The van der Waals surface area contributed by atoms with Crippen molar-refractivity contribution in [2.24, 2.45) is 0 Å². The van der Waals surface area contributed by atoms with Crippen molar-refractivity contribution in [3.63, 3.8) is 0 Å². The van der Waals surface area contributed by atoms with E-state index in [0.29, 0.717) is 10.9 Å². The van der Waals surface area contributed by atoms with Gasteiger partial charge in [-0.05, 0) is 43.4 Å². The van der Waals surface area contributed by atoms with Gasteiger partial charge < -0.3 is 14.2 Å². The normalized spacial score (nSPS) is 22.8. The molecule has 0 spiro atoms. The fraction of sp³-hybridized carbons (Fsp3) is 0.471. The molecule has 3 aliphatic rings. The summed E-state index contributed by atoms with van der Waals surface area (Å²) in [7, 11) is 0. The molecule has 0 bridgehead atoms. The third kappa shape index (κ3) is 2.56. The Morgan fingerprint density at radius 3 is 2.92 bits per heavy atom. The summed E-state index contributed by atoms with van der Waals surface area (Å²) in [4.78, 5) is 12.9. The van der Waals surface area contributed by atoms with Crippen LogP contribution in [-0.4, -0.2) is 29.5 Å². The first-order valence-electron chi connectivity index (χ1n) is 8.41. The Kier molecular flexibility index (Phi) is 3.42. The average Bonchev–Trinajstić information content (AvgIpc) is 3.05. The molecule has 3 heterocycles. The quantitative estimate of drug-likeness (QED) is 0.904. The molecule has 130 valence electrons. The van der Waals surface area contributed by atoms with Gasteiger partial charge in [0.25, 0.3) is 0 Å². The number of carbonyl (C=O) groups is 1. The van der Waals surface area contributed by atoms with Crippen LogP contribution in [0.3, 0.4) is 0 Å². The van der Waals surface area contributed by atoms with Gasteiger partial charge in [-0.3, -0.25) is 10.1 Å². The summed E-state index contributed by atoms with van der Waals surface area (Å²) in [5.41, 5.74) is 0.453. The van der Waals surface area contributed by atoms with Gasteiger partial charge in [-0.2, -0.15) is 0 Å². The first-order valence-corrected chi connectivity index (χ1v) is 9.23. The molecule has 2 aliphatic heterocycles. The van der Waals surface area contributed by atoms with E-state index in [-0.39, 0.29) is 18.8 Å². The van der Waals surface area contributed by atoms with Gasteiger partial charge in [-0.15, -0.1) is 10.2 Å². The molecule has 8 heteroatoms. The van der Waals surface area contributed by atoms with Crippen LogP contribution in [0.15, 0.2) is 18.2 Å². The second-order valence-electron chi connectivity index (χ2n) is 6.55. The van der Waals surface area contributed by atoms with E-state index in [1.54, 1.807) is 0 Å². The fourth-order valence-electron chi connectivity index (χ4n) is 3.37. The van der Waals surface area contributed by atoms with Crippen LogP contribution in [-0.2, 0) is 14.9 Å². The zero-order valence-electron chi connectivity index (χ0n) is 13.5. The summed E-state index contributed by atoms with van der Waals surface area (Å²) in [5.74, 6) is 1.39. The first-order chi connectivity index (χ1) is 12.2. The van der Waals surface area contributed by atoms with E-state index in [1.165, 1.54) is 11.3 Å². The van der Waals surface area contributed by atoms with E-state index < -0.39 is 5.41 Å². The highest BCUT2D eigenvalue weighted by Gasteiger charge is 2.52. The molecule has 5 rings (SSSR count). The first kappa shape index (κ1) is 15.1. The van der Waals surface area contributed by atoms with Gasteiger partial charge in [0.2, 0.25) is 17.8 Å². The molecule has 1 aromatic heterocycles. The topological polar surface area (TPSA) is 82.6 Å². The SMILES string of the molecule is O=C(Nc1nnc(C2CCCO2)s1)C1(c2ccc3c(c2)OCO3)CC1. The Morgan fingerprint density at radius 1 is 1.24 bits per heavy atom. The smallest absolute Gasteiger partial charge is 0.236 e. The molecule has 7 nitrogen and oxygen atoms in total. The maximum absolute atomic E-state index is 12.9. The third-order valence-corrected chi connectivity index (χ3v) is 5.91. The van der Waals surface area contributed by atoms with E-state index in [1.807, 2.05) is 18.2 Å². The number of ether oxygens (including phenoxy) is 3. The van der Waals surface area contributed by atoms with Crippen LogP contribution in [0.5, 0.6) is 11.5 Å². The molecular weight excluding hydrogens is 342 g/mol. The van der Waals surface area contributed by atoms with Crippen molar-refractivity contribution in [1.29, 1.82) is 0 Å². The molecule has 2 aromatic rings. The zero-order valence-corrected chi connectivity index (χ0v) is 14.3. The molecule has 1 N–H and O–H groups in total. The lowest BCUT2D eigenvalue weighted by Gasteiger charge is -2.14. The van der Waals surface area contributed by atoms with Crippen LogP contribution in [0.25, 0.3) is 0 Å². The van der Waals surface area contributed by atoms with Crippen molar-refractivity contribution in [2.45, 2.75) is 37.2 Å². The number of aromatic nitrogens is 2. The largest absolute Gasteiger partial charge is 0.454 e. The second-order valence-corrected chi connectivity index (χ2v) is 7.56. The highest BCUT2D eigenvalue weighted by Crippen LogP contribution is 2.51. The van der Waals surface area contributed by atoms with Gasteiger partial charge in [-0.1, -0.05) is 17.4 Å². The van der Waals surface area contributed by atoms with Gasteiger partial charge in [0.15, 0.2) is 11.5 Å². The number of nitrogens with one attached hydrogen (secondary N) is 1. The number of nitrogens with zero attached hydrogens (tertiary/aromatic N) is 2. The lowest BCUT2D eigenvalue weighted by atomic mass is 9.94. The summed E-state index contributed by atoms with van der Waals surface area (Å²) < 4.78 is 16.4. The standard InChI is InChI=1S/C17H17N3O4S/c21-15(18-16-20-19-14(25-16)12-2-1-7-22-12)17(5-6-17)10-3-4-11-13(8-10)24-9-23-11/h3-4,8,12H,1-2,5-7,9H2,(H,18,20,21). The second kappa shape index (κ2) is 5.67. The molecule has 1 aromatic carbocycles. The van der Waals surface area contributed by atoms with E-state index in [4.69, 9.17) is 14.2 Å². The highest BCUT2D eigenvalue weighted by atomic mass is 32.1. The number of anilines is 1. The Balaban J connectivity index is 1.34. The number of hydrogen-bond acceptors (Lipinski definition) is 7. The molecule has 2 fully saturated rings. The van der Waals surface area contributed by atoms with Crippen molar-refractivity contribution >= 4 is 22.4 Å². The van der Waals surface area contributed by atoms with Crippen molar-refractivity contribution in [2.75, 3.05) is 18.7 Å². The Morgan fingerprint density at radius 2 is 2.12 bits per heavy atom. The zero-order chi connectivity index (χ0) is 16.9. The van der Waals surface area contributed by atoms with Gasteiger partial charge in [0.05, 0.1) is 5.41 Å². The van der Waals surface area contributed by atoms with Gasteiger partial charge >= 0.3 is 0 Å². The minimum atomic E-state index is -0.503. The number of benzene rings is 1. The molecule has 25 heavy (non-hydrogen) atoms. The number of fused-ring (bicyclic) bond motifs is 1. The summed E-state index contributed by atoms with van der Waals surface area (Å²) in [6, 6.07) is 5.72. The van der Waals surface area contributed by atoms with Crippen LogP contribution in [0.2, 0.25) is 0 Å². The van der Waals surface area contributed by atoms with E-state index in [9.17, 15) is 4.79 Å². The summed E-state index contributed by atoms with van der Waals surface area (Å²) >= 11 is 1.39. The van der Waals surface area contributed by atoms with Crippen LogP contribution >= 0.6 is 11.3 Å². The summed E-state index contributed by atoms with van der Waals surface area (Å²) in [6.07, 6.45) is 3.65. The van der Waals surface area contributed by atoms with Gasteiger partial charge in [-0.25, -0.2) is 0 Å². The minimum Gasteiger partial charge on any atom is -0.454 e. The van der Waals surface area contributed by atoms with E-state index in [0.717, 1.165) is 48.6 Å². The van der Waals surface area contributed by atoms with Crippen molar-refractivity contribution in [3.05, 3.63) is 28.8 Å². The van der Waals surface area contributed by atoms with Crippen LogP contribution in [0, 0.1) is 0 Å². The summed E-state index contributed by atoms with van der Waals surface area (Å²) in [6.45, 7) is 0.994. The molecule has 1 saturated carbocycles. The molecule has 1 atom stereocenters. The third-order valence-electron chi connectivity index (χ3n) is 4.98. The predicted octanol–water partition coefficient (Wildman–Crippen LogP) is 2.79. The molecule has 1 unspecified atom stereocenters. The Labute approximate surface area is 148 Å². The Hall–Kier alpha value is -2.19. The maximum atomic E-state index is 12.9. The van der Waals surface area contributed by atoms with Crippen molar-refractivity contribution < 1.29 is 19.0 Å². The molecular formula is C17H17N3O4S. The molecule has 1 aliphatic carbocycles. The Bertz CT molecular complexity index is 827. The van der Waals surface area contributed by atoms with E-state index in [2.05, 4.69) is 15.5 Å². The number of rotatable bonds is 4. The van der Waals surface area contributed by atoms with E-state index >= 15 is 0 Å². The van der Waals surface area contributed by atoms with Crippen LogP contribution < -0.4 is 14.8 Å². The average molecular weight is 359 g/mol. The molecule has 1 amide bonds. The maximum Gasteiger partial charge on any atom is 0.236 e. The van der Waals surface area contributed by atoms with Gasteiger partial charge in [0.1, 0.15) is 11.1 Å². The number of carbonyl (C=O) groups excluding carboxylic acids is 1. The van der Waals surface area contributed by atoms with Crippen LogP contribution in [0.4, 0.5) is 5.13 Å². The number of amides is 1. The molecule has 1 saturated heterocycles. The summed E-state index contributed by atoms with van der Waals surface area (Å²) in [5, 5.41) is 12.6. The lowest BCUT2D eigenvalue weighted by Crippen LogP contribution is -2.27. The van der Waals surface area contributed by atoms with Gasteiger partial charge in [0, 0.05) is 6.61 Å².